The van der Waals surface area contributed by atoms with Gasteiger partial charge in [-0.05, 0) is 80.3 Å². The van der Waals surface area contributed by atoms with Gasteiger partial charge in [0.05, 0.1) is 0 Å². The molecule has 0 fully saturated rings. The third kappa shape index (κ3) is 20.0. The van der Waals surface area contributed by atoms with Crippen LogP contribution in [0.1, 0.15) is 218 Å². The van der Waals surface area contributed by atoms with Crippen molar-refractivity contribution in [1.82, 2.24) is 0 Å². The zero-order chi connectivity index (χ0) is 39.8. The summed E-state index contributed by atoms with van der Waals surface area (Å²) in [4.78, 5) is 0. The summed E-state index contributed by atoms with van der Waals surface area (Å²) in [6, 6.07) is 17.7. The number of aryl methyl sites for hydroxylation is 2. The normalized spacial score (nSPS) is 12.7. The van der Waals surface area contributed by atoms with Crippen molar-refractivity contribution in [3.05, 3.63) is 87.5 Å². The molecule has 2 nitrogen and oxygen atoms in total. The summed E-state index contributed by atoms with van der Waals surface area (Å²) in [6.07, 6.45) is 33.0. The third-order valence-electron chi connectivity index (χ3n) is 10.8. The molecule has 0 spiro atoms. The van der Waals surface area contributed by atoms with Crippen molar-refractivity contribution in [2.24, 2.45) is 0 Å². The van der Waals surface area contributed by atoms with Gasteiger partial charge >= 0.3 is 39.1 Å². The van der Waals surface area contributed by atoms with Gasteiger partial charge in [-0.25, -0.2) is 4.70 Å². The topological polar surface area (TPSA) is 25.3 Å². The number of allylic oxidation sites excluding steroid dienone is 2. The van der Waals surface area contributed by atoms with Gasteiger partial charge in [0.1, 0.15) is 5.57 Å². The second-order valence-electron chi connectivity index (χ2n) is 15.5. The predicted molar refractivity (Wildman–Crippen MR) is 240 cm³/mol. The Morgan fingerprint density at radius 3 is 1.35 bits per heavy atom. The molecule has 1 heterocycles. The van der Waals surface area contributed by atoms with E-state index in [2.05, 4.69) is 102 Å². The summed E-state index contributed by atoms with van der Waals surface area (Å²) in [5, 5.41) is 2.56. The second kappa shape index (κ2) is 32.6. The molecule has 0 unspecified atom stereocenters. The van der Waals surface area contributed by atoms with Crippen molar-refractivity contribution in [1.29, 1.82) is 0 Å². The SMILES string of the molecule is CCCCCCCCCCCCCCCCCCC#CC1=C(c2cccc(CCCC)c2)[N+](=[N-])C(c2cccc(CCCC)c2)=C1CCCC.C[CH2][Ni][CH2]C. The van der Waals surface area contributed by atoms with Gasteiger partial charge in [-0.15, -0.1) is 0 Å². The molecule has 1 aliphatic rings. The Kier molecular flexibility index (Phi) is 28.9. The van der Waals surface area contributed by atoms with Crippen LogP contribution < -0.4 is 0 Å². The summed E-state index contributed by atoms with van der Waals surface area (Å²) in [5.74, 6) is 7.24. The van der Waals surface area contributed by atoms with Crippen LogP contribution in [0.2, 0.25) is 10.8 Å². The number of benzene rings is 2. The molecule has 0 N–H and O–H groups in total. The number of hydrogen-bond acceptors (Lipinski definition) is 0. The van der Waals surface area contributed by atoms with Gasteiger partial charge in [0.2, 0.25) is 11.4 Å². The molecule has 1 aliphatic heterocycles. The van der Waals surface area contributed by atoms with E-state index in [4.69, 9.17) is 0 Å². The Bertz CT molecular complexity index is 1430. The molecule has 0 saturated carbocycles. The molecule has 2 aromatic rings. The van der Waals surface area contributed by atoms with Crippen LogP contribution >= 0.6 is 0 Å². The number of unbranched alkanes of at least 4 members (excludes halogenated alkanes) is 19. The van der Waals surface area contributed by atoms with Crippen LogP contribution in [0.25, 0.3) is 16.9 Å². The molecule has 0 saturated heterocycles. The first-order chi connectivity index (χ1) is 27.1. The summed E-state index contributed by atoms with van der Waals surface area (Å²) < 4.78 is 1.49. The van der Waals surface area contributed by atoms with E-state index in [1.165, 1.54) is 154 Å². The van der Waals surface area contributed by atoms with E-state index in [1.54, 1.807) is 0 Å². The van der Waals surface area contributed by atoms with E-state index in [0.717, 1.165) is 73.0 Å². The number of hydrogen-bond donors (Lipinski definition) is 0. The fourth-order valence-electron chi connectivity index (χ4n) is 7.48. The molecule has 3 heteroatoms. The number of rotatable bonds is 29. The molecule has 0 atom stereocenters. The zero-order valence-corrected chi connectivity index (χ0v) is 37.6. The third-order valence-corrected chi connectivity index (χ3v) is 11.7. The van der Waals surface area contributed by atoms with Crippen LogP contribution in [0.3, 0.4) is 0 Å². The first kappa shape index (κ1) is 48.7. The van der Waals surface area contributed by atoms with Crippen molar-refractivity contribution in [2.75, 3.05) is 0 Å². The monoisotopic (exact) mass is 793 g/mol. The Hall–Kier alpha value is -2.43. The maximum absolute atomic E-state index is 12.0. The van der Waals surface area contributed by atoms with E-state index in [0.29, 0.717) is 0 Å². The predicted octanol–water partition coefficient (Wildman–Crippen LogP) is 17.3. The average Bonchev–Trinajstić information content (AvgIpc) is 3.48. The van der Waals surface area contributed by atoms with E-state index in [1.807, 2.05) is 14.4 Å². The quantitative estimate of drug-likeness (QED) is 0.0339. The van der Waals surface area contributed by atoms with Gasteiger partial charge < -0.3 is 5.53 Å². The van der Waals surface area contributed by atoms with Crippen molar-refractivity contribution in [2.45, 2.75) is 219 Å². The molecule has 0 bridgehead atoms. The Labute approximate surface area is 347 Å². The van der Waals surface area contributed by atoms with Crippen molar-refractivity contribution in [3.8, 4) is 11.8 Å². The summed E-state index contributed by atoms with van der Waals surface area (Å²) in [6.45, 7) is 13.4. The van der Waals surface area contributed by atoms with Crippen LogP contribution in [-0.2, 0) is 27.3 Å². The molecule has 0 radical (unpaired) electrons. The second-order valence-corrected chi connectivity index (χ2v) is 17.4. The van der Waals surface area contributed by atoms with Crippen molar-refractivity contribution < 1.29 is 19.1 Å². The van der Waals surface area contributed by atoms with Crippen LogP contribution in [0.5, 0.6) is 0 Å². The maximum atomic E-state index is 12.0. The minimum absolute atomic E-state index is 0.864. The van der Waals surface area contributed by atoms with Gasteiger partial charge in [-0.3, -0.25) is 0 Å². The van der Waals surface area contributed by atoms with Gasteiger partial charge in [-0.1, -0.05) is 179 Å². The molecular formula is C52H82N2Ni. The minimum atomic E-state index is 0.864. The van der Waals surface area contributed by atoms with E-state index in [-0.39, 0.29) is 0 Å². The Balaban J connectivity index is 0.00000196. The van der Waals surface area contributed by atoms with Crippen molar-refractivity contribution >= 4 is 11.4 Å². The van der Waals surface area contributed by atoms with E-state index in [9.17, 15) is 5.53 Å². The van der Waals surface area contributed by atoms with Gasteiger partial charge in [0.25, 0.3) is 0 Å². The van der Waals surface area contributed by atoms with E-state index >= 15 is 0 Å². The average molecular weight is 794 g/mol. The van der Waals surface area contributed by atoms with Gasteiger partial charge in [-0.2, -0.15) is 0 Å². The Morgan fingerprint density at radius 1 is 0.491 bits per heavy atom. The standard InChI is InChI=1S/C48H72N2.2C2H5.Ni/c1-5-9-13-14-15-16-17-18-19-20-21-22-23-24-25-26-27-28-38-46-45(37-12-8-4)47(43-35-29-33-41(39-43)31-10-6-2)50(49)48(46)44-36-30-34-42(40-44)32-11-7-3;2*1-2;/h29-30,33-36,39-40H,5-27,31-32,37H2,1-4H3;2*1H2,2H3;. The molecule has 0 aliphatic carbocycles. The molecular weight excluding hydrogens is 711 g/mol. The molecule has 0 amide bonds. The first-order valence-corrected chi connectivity index (χ1v) is 24.5. The van der Waals surface area contributed by atoms with Gasteiger partial charge in [0.15, 0.2) is 0 Å². The molecule has 2 aromatic carbocycles. The summed E-state index contributed by atoms with van der Waals surface area (Å²) in [5.41, 5.74) is 20.9. The summed E-state index contributed by atoms with van der Waals surface area (Å²) in [7, 11) is 0. The van der Waals surface area contributed by atoms with Crippen LogP contribution in [0.15, 0.2) is 59.7 Å². The van der Waals surface area contributed by atoms with Crippen LogP contribution in [-0.4, -0.2) is 4.70 Å². The fraction of sp³-hybridized carbons (Fsp3) is 0.654. The molecule has 310 valence electrons. The molecule has 0 aromatic heterocycles. The van der Waals surface area contributed by atoms with E-state index < -0.39 is 0 Å². The van der Waals surface area contributed by atoms with Crippen molar-refractivity contribution in [3.63, 3.8) is 0 Å². The first-order valence-electron chi connectivity index (χ1n) is 23.1. The zero-order valence-electron chi connectivity index (χ0n) is 36.6. The Morgan fingerprint density at radius 2 is 0.909 bits per heavy atom. The molecule has 3 rings (SSSR count). The summed E-state index contributed by atoms with van der Waals surface area (Å²) >= 11 is 1.82. The fourth-order valence-corrected chi connectivity index (χ4v) is 7.98. The van der Waals surface area contributed by atoms with Gasteiger partial charge in [0, 0.05) is 23.1 Å². The molecule has 55 heavy (non-hydrogen) atoms. The number of nitrogens with zero attached hydrogens (tertiary/aromatic N) is 2. The van der Waals surface area contributed by atoms with Crippen LogP contribution in [0.4, 0.5) is 0 Å². The van der Waals surface area contributed by atoms with Crippen LogP contribution in [0, 0.1) is 11.8 Å².